The molecule has 14 aromatic rings. The van der Waals surface area contributed by atoms with E-state index in [9.17, 15) is 0 Å². The third kappa shape index (κ3) is 6.67. The lowest BCUT2D eigenvalue weighted by atomic mass is 9.98. The first-order chi connectivity index (χ1) is 34.7. The molecular weight excluding hydrogens is 853 g/mol. The number of furan rings is 1. The van der Waals surface area contributed by atoms with E-state index in [4.69, 9.17) is 19.4 Å². The Kier molecular flexibility index (Phi) is 9.14. The van der Waals surface area contributed by atoms with Crippen molar-refractivity contribution in [2.45, 2.75) is 0 Å². The smallest absolute Gasteiger partial charge is 0.164 e. The molecular formula is C65H40N4O. The van der Waals surface area contributed by atoms with Crippen LogP contribution in [0.5, 0.6) is 0 Å². The van der Waals surface area contributed by atoms with Crippen LogP contribution >= 0.6 is 0 Å². The lowest BCUT2D eigenvalue weighted by Crippen LogP contribution is -2.02. The van der Waals surface area contributed by atoms with Crippen molar-refractivity contribution in [2.75, 3.05) is 0 Å². The van der Waals surface area contributed by atoms with Crippen LogP contribution < -0.4 is 0 Å². The van der Waals surface area contributed by atoms with Gasteiger partial charge in [0.2, 0.25) is 0 Å². The molecule has 0 saturated heterocycles. The zero-order valence-corrected chi connectivity index (χ0v) is 37.8. The molecule has 0 aliphatic heterocycles. The molecule has 5 heteroatoms. The van der Waals surface area contributed by atoms with Crippen molar-refractivity contribution in [3.63, 3.8) is 0 Å². The molecule has 3 aromatic heterocycles. The van der Waals surface area contributed by atoms with Crippen LogP contribution in [0.3, 0.4) is 0 Å². The molecule has 0 radical (unpaired) electrons. The van der Waals surface area contributed by atoms with E-state index in [0.29, 0.717) is 17.5 Å². The molecule has 0 bridgehead atoms. The van der Waals surface area contributed by atoms with Crippen LogP contribution in [0.4, 0.5) is 0 Å². The topological polar surface area (TPSA) is 56.7 Å². The zero-order chi connectivity index (χ0) is 46.1. The average Bonchev–Trinajstić information content (AvgIpc) is 3.97. The van der Waals surface area contributed by atoms with Gasteiger partial charge in [0.25, 0.3) is 0 Å². The molecule has 11 aromatic carbocycles. The maximum Gasteiger partial charge on any atom is 0.164 e. The van der Waals surface area contributed by atoms with Gasteiger partial charge in [-0.2, -0.15) is 0 Å². The second kappa shape index (κ2) is 16.1. The van der Waals surface area contributed by atoms with E-state index >= 15 is 0 Å². The van der Waals surface area contributed by atoms with Crippen molar-refractivity contribution in [1.29, 1.82) is 0 Å². The van der Waals surface area contributed by atoms with Gasteiger partial charge >= 0.3 is 0 Å². The number of benzene rings is 11. The first kappa shape index (κ1) is 39.7. The van der Waals surface area contributed by atoms with Crippen LogP contribution in [-0.4, -0.2) is 19.5 Å². The highest BCUT2D eigenvalue weighted by molar-refractivity contribution is 6.23. The fourth-order valence-electron chi connectivity index (χ4n) is 10.4. The SMILES string of the molecule is c1ccc(-c2ccc(-c3nc(-c4ccc(-c5ccccc5)cc4)nc(-c4ccc(-n5c6cc7ccccc7cc6c6c7ccccc7ccc65)c(-c5ccc6oc7ccccc7c6c5)c4)n3)cc2)cc1. The first-order valence-electron chi connectivity index (χ1n) is 23.7. The van der Waals surface area contributed by atoms with Gasteiger partial charge in [0.1, 0.15) is 11.2 Å². The molecule has 0 saturated carbocycles. The summed E-state index contributed by atoms with van der Waals surface area (Å²) in [5.74, 6) is 1.79. The largest absolute Gasteiger partial charge is 0.456 e. The van der Waals surface area contributed by atoms with Crippen LogP contribution in [0.1, 0.15) is 0 Å². The van der Waals surface area contributed by atoms with Gasteiger partial charge in [-0.25, -0.2) is 15.0 Å². The number of nitrogens with zero attached hydrogens (tertiary/aromatic N) is 4. The molecule has 326 valence electrons. The maximum absolute atomic E-state index is 6.38. The first-order valence-corrected chi connectivity index (χ1v) is 23.7. The van der Waals surface area contributed by atoms with Gasteiger partial charge in [-0.05, 0) is 104 Å². The number of fused-ring (bicyclic) bond motifs is 9. The molecule has 3 heterocycles. The van der Waals surface area contributed by atoms with E-state index in [1.54, 1.807) is 0 Å². The van der Waals surface area contributed by atoms with Crippen LogP contribution in [0.25, 0.3) is 139 Å². The summed E-state index contributed by atoms with van der Waals surface area (Å²) in [7, 11) is 0. The fourth-order valence-corrected chi connectivity index (χ4v) is 10.4. The predicted molar refractivity (Wildman–Crippen MR) is 289 cm³/mol. The Hall–Kier alpha value is -9.45. The molecule has 0 aliphatic carbocycles. The number of rotatable bonds is 7. The van der Waals surface area contributed by atoms with E-state index in [-0.39, 0.29) is 0 Å². The Balaban J connectivity index is 1.01. The normalized spacial score (nSPS) is 11.7. The number of hydrogen-bond acceptors (Lipinski definition) is 4. The van der Waals surface area contributed by atoms with Crippen molar-refractivity contribution < 1.29 is 4.42 Å². The molecule has 0 unspecified atom stereocenters. The van der Waals surface area contributed by atoms with E-state index in [1.165, 1.54) is 32.3 Å². The summed E-state index contributed by atoms with van der Waals surface area (Å²) in [6.07, 6.45) is 0. The summed E-state index contributed by atoms with van der Waals surface area (Å²) in [6.45, 7) is 0. The highest BCUT2D eigenvalue weighted by Gasteiger charge is 2.22. The summed E-state index contributed by atoms with van der Waals surface area (Å²) >= 11 is 0. The van der Waals surface area contributed by atoms with E-state index < -0.39 is 0 Å². The van der Waals surface area contributed by atoms with E-state index in [0.717, 1.165) is 88.7 Å². The molecule has 0 spiro atoms. The highest BCUT2D eigenvalue weighted by Crippen LogP contribution is 2.43. The molecule has 0 atom stereocenters. The quantitative estimate of drug-likeness (QED) is 0.160. The van der Waals surface area contributed by atoms with E-state index in [1.807, 2.05) is 24.3 Å². The second-order valence-corrected chi connectivity index (χ2v) is 18.0. The lowest BCUT2D eigenvalue weighted by Gasteiger charge is -2.17. The molecule has 0 amide bonds. The van der Waals surface area contributed by atoms with Gasteiger partial charge in [0.05, 0.1) is 16.7 Å². The predicted octanol–water partition coefficient (Wildman–Crippen LogP) is 17.2. The third-order valence-corrected chi connectivity index (χ3v) is 13.8. The minimum atomic E-state index is 0.584. The average molecular weight is 893 g/mol. The van der Waals surface area contributed by atoms with Crippen LogP contribution in [0.2, 0.25) is 0 Å². The number of hydrogen-bond donors (Lipinski definition) is 0. The molecule has 0 N–H and O–H groups in total. The summed E-state index contributed by atoms with van der Waals surface area (Å²) in [6, 6.07) is 86.0. The Labute approximate surface area is 403 Å². The van der Waals surface area contributed by atoms with Crippen molar-refractivity contribution >= 4 is 65.3 Å². The fraction of sp³-hybridized carbons (Fsp3) is 0. The van der Waals surface area contributed by atoms with Crippen molar-refractivity contribution in [2.24, 2.45) is 0 Å². The zero-order valence-electron chi connectivity index (χ0n) is 37.8. The third-order valence-electron chi connectivity index (χ3n) is 13.8. The van der Waals surface area contributed by atoms with Gasteiger partial charge in [0, 0.05) is 43.8 Å². The Bertz CT molecular complexity index is 4220. The van der Waals surface area contributed by atoms with Crippen LogP contribution in [0.15, 0.2) is 247 Å². The monoisotopic (exact) mass is 892 g/mol. The van der Waals surface area contributed by atoms with Crippen LogP contribution in [-0.2, 0) is 0 Å². The molecule has 14 rings (SSSR count). The Morgan fingerprint density at radius 2 is 0.786 bits per heavy atom. The van der Waals surface area contributed by atoms with Crippen molar-refractivity contribution in [3.05, 3.63) is 243 Å². The standard InChI is InChI=1S/C65H40N4O/c1-3-13-41(14-4-1)43-23-27-46(28-24-43)63-66-64(47-29-25-44(26-30-47)42-15-5-2-6-16-42)68-65(67-63)51-32-34-57(54(39-51)50-33-36-61-55(38-50)53-21-11-12-22-60(53)70-61)69-58-35-31-45-17-9-10-20-52(45)62(58)56-37-48-18-7-8-19-49(48)40-59(56)69/h1-40H. The minimum Gasteiger partial charge on any atom is -0.456 e. The van der Waals surface area contributed by atoms with E-state index in [2.05, 4.69) is 223 Å². The maximum atomic E-state index is 6.38. The minimum absolute atomic E-state index is 0.584. The van der Waals surface area contributed by atoms with Crippen molar-refractivity contribution in [3.8, 4) is 73.2 Å². The lowest BCUT2D eigenvalue weighted by molar-refractivity contribution is 0.669. The van der Waals surface area contributed by atoms with Gasteiger partial charge in [-0.1, -0.05) is 188 Å². The molecule has 5 nitrogen and oxygen atoms in total. The number of aromatic nitrogens is 4. The molecule has 0 fully saturated rings. The van der Waals surface area contributed by atoms with Gasteiger partial charge in [0.15, 0.2) is 17.5 Å². The molecule has 0 aliphatic rings. The Morgan fingerprint density at radius 1 is 0.286 bits per heavy atom. The highest BCUT2D eigenvalue weighted by atomic mass is 16.3. The van der Waals surface area contributed by atoms with Gasteiger partial charge in [-0.3, -0.25) is 0 Å². The van der Waals surface area contributed by atoms with Crippen molar-refractivity contribution in [1.82, 2.24) is 19.5 Å². The number of para-hydroxylation sites is 1. The molecule has 70 heavy (non-hydrogen) atoms. The summed E-state index contributed by atoms with van der Waals surface area (Å²) in [4.78, 5) is 15.8. The summed E-state index contributed by atoms with van der Waals surface area (Å²) in [5, 5.41) is 9.41. The van der Waals surface area contributed by atoms with Gasteiger partial charge < -0.3 is 8.98 Å². The summed E-state index contributed by atoms with van der Waals surface area (Å²) < 4.78 is 8.83. The Morgan fingerprint density at radius 3 is 1.46 bits per heavy atom. The second-order valence-electron chi connectivity index (χ2n) is 18.0. The van der Waals surface area contributed by atoms with Gasteiger partial charge in [-0.15, -0.1) is 0 Å². The van der Waals surface area contributed by atoms with Crippen LogP contribution in [0, 0.1) is 0 Å². The summed E-state index contributed by atoms with van der Waals surface area (Å²) in [5.41, 5.74) is 14.4.